The number of rotatable bonds is 5. The number of aromatic nitrogens is 3. The smallest absolute Gasteiger partial charge is 0.170 e. The predicted octanol–water partition coefficient (Wildman–Crippen LogP) is 4.75. The Bertz CT molecular complexity index is 1190. The molecule has 2 atom stereocenters. The molecule has 1 aliphatic heterocycles. The van der Waals surface area contributed by atoms with E-state index in [0.717, 1.165) is 10.8 Å². The molecule has 1 aliphatic rings. The molecule has 0 bridgehead atoms. The lowest BCUT2D eigenvalue weighted by Crippen LogP contribution is -2.30. The highest BCUT2D eigenvalue weighted by molar-refractivity contribution is 7.80. The number of nitrogens with one attached hydrogen (secondary N) is 1. The van der Waals surface area contributed by atoms with Crippen LogP contribution in [0.5, 0.6) is 0 Å². The molecule has 0 unspecified atom stereocenters. The maximum Gasteiger partial charge on any atom is 0.170 e. The standard InChI is InChI=1S/C25H23N5S/c1-18-7-2-3-9-21(18)29-16-6-10-22(29)24-23(20-8-4-5-13-27-20)28-25(31)30(24)17-19-11-14-26-15-12-19/h2-16,23-24H,17H2,1H3,(H,28,31)/t23-,24+/m1/s1. The van der Waals surface area contributed by atoms with Gasteiger partial charge in [-0.05, 0) is 72.7 Å². The Morgan fingerprint density at radius 2 is 1.74 bits per heavy atom. The van der Waals surface area contributed by atoms with Crippen LogP contribution >= 0.6 is 12.2 Å². The molecule has 1 N–H and O–H groups in total. The van der Waals surface area contributed by atoms with E-state index < -0.39 is 0 Å². The van der Waals surface area contributed by atoms with Gasteiger partial charge in [0.25, 0.3) is 0 Å². The first-order valence-electron chi connectivity index (χ1n) is 10.3. The number of thiocarbonyl (C=S) groups is 1. The summed E-state index contributed by atoms with van der Waals surface area (Å²) in [6, 6.07) is 22.8. The molecule has 0 saturated carbocycles. The summed E-state index contributed by atoms with van der Waals surface area (Å²) in [5.74, 6) is 0. The van der Waals surface area contributed by atoms with Gasteiger partial charge in [0, 0.05) is 42.7 Å². The van der Waals surface area contributed by atoms with Crippen LogP contribution in [0, 0.1) is 6.92 Å². The summed E-state index contributed by atoms with van der Waals surface area (Å²) >= 11 is 5.82. The van der Waals surface area contributed by atoms with Crippen LogP contribution in [0.3, 0.4) is 0 Å². The second-order valence-corrected chi connectivity index (χ2v) is 8.09. The fourth-order valence-electron chi connectivity index (χ4n) is 4.27. The van der Waals surface area contributed by atoms with Crippen molar-refractivity contribution in [1.82, 2.24) is 24.8 Å². The molecule has 0 amide bonds. The van der Waals surface area contributed by atoms with E-state index in [9.17, 15) is 0 Å². The Morgan fingerprint density at radius 3 is 2.52 bits per heavy atom. The van der Waals surface area contributed by atoms with E-state index >= 15 is 0 Å². The Kier molecular flexibility index (Phi) is 5.22. The average Bonchev–Trinajstić information content (AvgIpc) is 3.40. The third-order valence-electron chi connectivity index (χ3n) is 5.76. The maximum atomic E-state index is 5.82. The van der Waals surface area contributed by atoms with Crippen LogP contribution in [0.1, 0.15) is 34.6 Å². The van der Waals surface area contributed by atoms with Crippen LogP contribution in [0.15, 0.2) is 91.5 Å². The van der Waals surface area contributed by atoms with E-state index in [1.807, 2.05) is 42.9 Å². The second kappa shape index (κ2) is 8.32. The van der Waals surface area contributed by atoms with Crippen LogP contribution < -0.4 is 5.32 Å². The summed E-state index contributed by atoms with van der Waals surface area (Å²) in [6.07, 6.45) is 7.61. The van der Waals surface area contributed by atoms with Crippen LogP contribution in [-0.4, -0.2) is 24.5 Å². The van der Waals surface area contributed by atoms with Gasteiger partial charge in [-0.1, -0.05) is 24.3 Å². The first kappa shape index (κ1) is 19.5. The zero-order valence-corrected chi connectivity index (χ0v) is 18.0. The normalized spacial score (nSPS) is 18.2. The van der Waals surface area contributed by atoms with Crippen LogP contribution in [0.2, 0.25) is 0 Å². The highest BCUT2D eigenvalue weighted by Crippen LogP contribution is 2.40. The van der Waals surface area contributed by atoms with Crippen LogP contribution in [0.4, 0.5) is 0 Å². The third-order valence-corrected chi connectivity index (χ3v) is 6.11. The van der Waals surface area contributed by atoms with E-state index in [1.54, 1.807) is 0 Å². The molecule has 1 saturated heterocycles. The number of pyridine rings is 2. The summed E-state index contributed by atoms with van der Waals surface area (Å²) < 4.78 is 2.27. The van der Waals surface area contributed by atoms with E-state index in [0.29, 0.717) is 6.54 Å². The lowest BCUT2D eigenvalue weighted by atomic mass is 10.0. The first-order chi connectivity index (χ1) is 15.2. The second-order valence-electron chi connectivity index (χ2n) is 7.70. The zero-order chi connectivity index (χ0) is 21.2. The molecule has 6 heteroatoms. The van der Waals surface area contributed by atoms with Gasteiger partial charge < -0.3 is 14.8 Å². The third kappa shape index (κ3) is 3.70. The molecule has 5 rings (SSSR count). The minimum absolute atomic E-state index is 0.00910. The molecular formula is C25H23N5S. The molecule has 4 heterocycles. The molecule has 1 aromatic carbocycles. The summed E-state index contributed by atoms with van der Waals surface area (Å²) in [5, 5.41) is 4.27. The molecular weight excluding hydrogens is 402 g/mol. The van der Waals surface area contributed by atoms with Crippen molar-refractivity contribution in [3.05, 3.63) is 114 Å². The molecule has 0 aliphatic carbocycles. The number of aryl methyl sites for hydroxylation is 1. The first-order valence-corrected chi connectivity index (χ1v) is 10.7. The number of para-hydroxylation sites is 1. The number of hydrogen-bond acceptors (Lipinski definition) is 3. The van der Waals surface area contributed by atoms with Gasteiger partial charge in [0.15, 0.2) is 5.11 Å². The van der Waals surface area contributed by atoms with Crippen molar-refractivity contribution in [3.8, 4) is 5.69 Å². The molecule has 5 nitrogen and oxygen atoms in total. The number of benzene rings is 1. The Morgan fingerprint density at radius 1 is 0.935 bits per heavy atom. The Balaban J connectivity index is 1.62. The van der Waals surface area contributed by atoms with Crippen molar-refractivity contribution in [3.63, 3.8) is 0 Å². The molecule has 154 valence electrons. The minimum atomic E-state index is -0.0480. The van der Waals surface area contributed by atoms with Gasteiger partial charge in [-0.3, -0.25) is 9.97 Å². The van der Waals surface area contributed by atoms with Crippen molar-refractivity contribution in [2.75, 3.05) is 0 Å². The van der Waals surface area contributed by atoms with Crippen molar-refractivity contribution < 1.29 is 0 Å². The number of nitrogens with zero attached hydrogens (tertiary/aromatic N) is 4. The summed E-state index contributed by atoms with van der Waals surface area (Å²) in [6.45, 7) is 2.84. The number of hydrogen-bond donors (Lipinski definition) is 1. The Hall–Kier alpha value is -3.51. The molecule has 31 heavy (non-hydrogen) atoms. The van der Waals surface area contributed by atoms with Gasteiger partial charge in [-0.15, -0.1) is 0 Å². The summed E-state index contributed by atoms with van der Waals surface area (Å²) in [5.41, 5.74) is 5.71. The van der Waals surface area contributed by atoms with E-state index in [2.05, 4.69) is 80.3 Å². The summed E-state index contributed by atoms with van der Waals surface area (Å²) in [7, 11) is 0. The highest BCUT2D eigenvalue weighted by Gasteiger charge is 2.41. The van der Waals surface area contributed by atoms with E-state index in [4.69, 9.17) is 12.2 Å². The van der Waals surface area contributed by atoms with Crippen molar-refractivity contribution >= 4 is 17.3 Å². The largest absolute Gasteiger partial charge is 0.352 e. The van der Waals surface area contributed by atoms with Crippen LogP contribution in [-0.2, 0) is 6.54 Å². The maximum absolute atomic E-state index is 5.82. The molecule has 1 fully saturated rings. The van der Waals surface area contributed by atoms with Gasteiger partial charge in [0.05, 0.1) is 17.8 Å². The zero-order valence-electron chi connectivity index (χ0n) is 17.2. The van der Waals surface area contributed by atoms with Gasteiger partial charge in [0.1, 0.15) is 0 Å². The van der Waals surface area contributed by atoms with Gasteiger partial charge >= 0.3 is 0 Å². The van der Waals surface area contributed by atoms with Gasteiger partial charge in [-0.2, -0.15) is 0 Å². The van der Waals surface area contributed by atoms with Crippen molar-refractivity contribution in [1.29, 1.82) is 0 Å². The van der Waals surface area contributed by atoms with Gasteiger partial charge in [0.2, 0.25) is 0 Å². The quantitative estimate of drug-likeness (QED) is 0.468. The van der Waals surface area contributed by atoms with Crippen molar-refractivity contribution in [2.24, 2.45) is 0 Å². The fourth-order valence-corrected chi connectivity index (χ4v) is 4.58. The SMILES string of the molecule is Cc1ccccc1-n1cccc1[C@H]1[C@@H](c2ccccn2)NC(=S)N1Cc1ccncc1. The van der Waals surface area contributed by atoms with E-state index in [-0.39, 0.29) is 12.1 Å². The van der Waals surface area contributed by atoms with E-state index in [1.165, 1.54) is 22.5 Å². The molecule has 0 radical (unpaired) electrons. The average molecular weight is 426 g/mol. The van der Waals surface area contributed by atoms with Crippen LogP contribution in [0.25, 0.3) is 5.69 Å². The van der Waals surface area contributed by atoms with Gasteiger partial charge in [-0.25, -0.2) is 0 Å². The predicted molar refractivity (Wildman–Crippen MR) is 126 cm³/mol. The molecule has 0 spiro atoms. The van der Waals surface area contributed by atoms with Crippen molar-refractivity contribution in [2.45, 2.75) is 25.6 Å². The monoisotopic (exact) mass is 425 g/mol. The lowest BCUT2D eigenvalue weighted by Gasteiger charge is -2.29. The molecule has 3 aromatic heterocycles. The fraction of sp³-hybridized carbons (Fsp3) is 0.160. The minimum Gasteiger partial charge on any atom is -0.352 e. The molecule has 4 aromatic rings. The lowest BCUT2D eigenvalue weighted by molar-refractivity contribution is 0.302. The highest BCUT2D eigenvalue weighted by atomic mass is 32.1. The topological polar surface area (TPSA) is 46.0 Å². The summed E-state index contributed by atoms with van der Waals surface area (Å²) in [4.78, 5) is 11.1. The Labute approximate surface area is 187 Å².